The first kappa shape index (κ1) is 18.9. The van der Waals surface area contributed by atoms with Gasteiger partial charge >= 0.3 is 0 Å². The lowest BCUT2D eigenvalue weighted by Crippen LogP contribution is -2.42. The molecule has 2 aromatic carbocycles. The smallest absolute Gasteiger partial charge is 0.191 e. The SMILES string of the molecule is CN=C(NCCc1cc(OC)ccc1OC)NCC1Cc2ccccc2O1. The summed E-state index contributed by atoms with van der Waals surface area (Å²) in [6.45, 7) is 1.44. The quantitative estimate of drug-likeness (QED) is 0.580. The number of rotatable bonds is 7. The van der Waals surface area contributed by atoms with Crippen LogP contribution in [0, 0.1) is 0 Å². The first-order valence-corrected chi connectivity index (χ1v) is 9.13. The molecule has 144 valence electrons. The van der Waals surface area contributed by atoms with Gasteiger partial charge in [0.25, 0.3) is 0 Å². The molecule has 1 heterocycles. The van der Waals surface area contributed by atoms with E-state index in [0.717, 1.165) is 48.2 Å². The van der Waals surface area contributed by atoms with Crippen LogP contribution in [0.4, 0.5) is 0 Å². The van der Waals surface area contributed by atoms with Gasteiger partial charge in [-0.3, -0.25) is 4.99 Å². The van der Waals surface area contributed by atoms with E-state index in [9.17, 15) is 0 Å². The fraction of sp³-hybridized carbons (Fsp3) is 0.381. The van der Waals surface area contributed by atoms with Crippen LogP contribution < -0.4 is 24.8 Å². The summed E-state index contributed by atoms with van der Waals surface area (Å²) >= 11 is 0. The molecule has 0 aromatic heterocycles. The summed E-state index contributed by atoms with van der Waals surface area (Å²) in [5.74, 6) is 3.43. The summed E-state index contributed by atoms with van der Waals surface area (Å²) in [5.41, 5.74) is 2.35. The van der Waals surface area contributed by atoms with Gasteiger partial charge in [0.2, 0.25) is 0 Å². The molecule has 0 bridgehead atoms. The summed E-state index contributed by atoms with van der Waals surface area (Å²) in [7, 11) is 5.11. The van der Waals surface area contributed by atoms with Gasteiger partial charge in [0.1, 0.15) is 23.4 Å². The second kappa shape index (κ2) is 9.16. The minimum atomic E-state index is 0.124. The van der Waals surface area contributed by atoms with Gasteiger partial charge in [-0.2, -0.15) is 0 Å². The highest BCUT2D eigenvalue weighted by atomic mass is 16.5. The van der Waals surface area contributed by atoms with Crippen LogP contribution in [0.2, 0.25) is 0 Å². The largest absolute Gasteiger partial charge is 0.497 e. The van der Waals surface area contributed by atoms with Crippen molar-refractivity contribution < 1.29 is 14.2 Å². The third-order valence-electron chi connectivity index (χ3n) is 4.61. The summed E-state index contributed by atoms with van der Waals surface area (Å²) in [6.07, 6.45) is 1.84. The Bertz CT molecular complexity index is 767. The molecule has 6 heteroatoms. The van der Waals surface area contributed by atoms with Gasteiger partial charge in [-0.05, 0) is 41.8 Å². The minimum absolute atomic E-state index is 0.124. The molecule has 1 aliphatic heterocycles. The Balaban J connectivity index is 1.46. The number of aliphatic imine (C=N–C) groups is 1. The van der Waals surface area contributed by atoms with Crippen LogP contribution in [0.5, 0.6) is 17.2 Å². The lowest BCUT2D eigenvalue weighted by atomic mass is 10.1. The second-order valence-corrected chi connectivity index (χ2v) is 6.36. The maximum absolute atomic E-state index is 5.96. The Morgan fingerprint density at radius 3 is 2.74 bits per heavy atom. The molecule has 0 spiro atoms. The molecular weight excluding hydrogens is 342 g/mol. The Morgan fingerprint density at radius 1 is 1.15 bits per heavy atom. The third kappa shape index (κ3) is 4.84. The van der Waals surface area contributed by atoms with Crippen molar-refractivity contribution in [2.24, 2.45) is 4.99 Å². The van der Waals surface area contributed by atoms with Crippen molar-refractivity contribution in [2.75, 3.05) is 34.4 Å². The molecular formula is C21H27N3O3. The van der Waals surface area contributed by atoms with Crippen LogP contribution in [0.3, 0.4) is 0 Å². The average Bonchev–Trinajstić information content (AvgIpc) is 3.13. The van der Waals surface area contributed by atoms with Crippen LogP contribution in [-0.4, -0.2) is 46.4 Å². The van der Waals surface area contributed by atoms with Gasteiger partial charge < -0.3 is 24.8 Å². The second-order valence-electron chi connectivity index (χ2n) is 6.36. The summed E-state index contributed by atoms with van der Waals surface area (Å²) in [4.78, 5) is 4.29. The molecule has 1 unspecified atom stereocenters. The molecule has 0 radical (unpaired) electrons. The number of guanidine groups is 1. The van der Waals surface area contributed by atoms with Crippen LogP contribution >= 0.6 is 0 Å². The fourth-order valence-corrected chi connectivity index (χ4v) is 3.19. The number of fused-ring (bicyclic) bond motifs is 1. The number of nitrogens with zero attached hydrogens (tertiary/aromatic N) is 1. The number of benzene rings is 2. The molecule has 27 heavy (non-hydrogen) atoms. The van der Waals surface area contributed by atoms with Crippen LogP contribution in [-0.2, 0) is 12.8 Å². The molecule has 1 atom stereocenters. The lowest BCUT2D eigenvalue weighted by Gasteiger charge is -2.16. The van der Waals surface area contributed by atoms with E-state index in [2.05, 4.69) is 21.7 Å². The zero-order valence-corrected chi connectivity index (χ0v) is 16.1. The molecule has 0 saturated heterocycles. The van der Waals surface area contributed by atoms with Gasteiger partial charge in [-0.1, -0.05) is 18.2 Å². The third-order valence-corrected chi connectivity index (χ3v) is 4.61. The Hall–Kier alpha value is -2.89. The monoisotopic (exact) mass is 369 g/mol. The van der Waals surface area contributed by atoms with Gasteiger partial charge in [0.05, 0.1) is 20.8 Å². The van der Waals surface area contributed by atoms with E-state index in [1.54, 1.807) is 21.3 Å². The molecule has 3 rings (SSSR count). The first-order valence-electron chi connectivity index (χ1n) is 9.13. The maximum atomic E-state index is 5.96. The zero-order valence-electron chi connectivity index (χ0n) is 16.1. The molecule has 0 amide bonds. The highest BCUT2D eigenvalue weighted by Crippen LogP contribution is 2.27. The normalized spacial score (nSPS) is 15.7. The first-order chi connectivity index (χ1) is 13.2. The maximum Gasteiger partial charge on any atom is 0.191 e. The van der Waals surface area contributed by atoms with Crippen molar-refractivity contribution in [3.05, 3.63) is 53.6 Å². The van der Waals surface area contributed by atoms with Crippen LogP contribution in [0.1, 0.15) is 11.1 Å². The average molecular weight is 369 g/mol. The zero-order chi connectivity index (χ0) is 19.1. The minimum Gasteiger partial charge on any atom is -0.497 e. The number of hydrogen-bond donors (Lipinski definition) is 2. The van der Waals surface area contributed by atoms with E-state index in [-0.39, 0.29) is 6.10 Å². The van der Waals surface area contributed by atoms with E-state index in [1.165, 1.54) is 5.56 Å². The van der Waals surface area contributed by atoms with Crippen molar-refractivity contribution in [3.8, 4) is 17.2 Å². The van der Waals surface area contributed by atoms with Crippen molar-refractivity contribution in [2.45, 2.75) is 18.9 Å². The molecule has 1 aliphatic rings. The molecule has 0 fully saturated rings. The predicted octanol–water partition coefficient (Wildman–Crippen LogP) is 2.42. The van der Waals surface area contributed by atoms with E-state index in [0.29, 0.717) is 6.54 Å². The van der Waals surface area contributed by atoms with Crippen molar-refractivity contribution in [1.29, 1.82) is 0 Å². The predicted molar refractivity (Wildman–Crippen MR) is 107 cm³/mol. The molecule has 2 aromatic rings. The summed E-state index contributed by atoms with van der Waals surface area (Å²) in [6, 6.07) is 14.0. The van der Waals surface area contributed by atoms with Crippen molar-refractivity contribution in [1.82, 2.24) is 10.6 Å². The molecule has 0 saturated carbocycles. The standard InChI is InChI=1S/C21H27N3O3/c1-22-21(24-14-18-13-15-6-4-5-7-20(15)27-18)23-11-10-16-12-17(25-2)8-9-19(16)26-3/h4-9,12,18H,10-11,13-14H2,1-3H3,(H2,22,23,24). The van der Waals surface area contributed by atoms with Gasteiger partial charge in [-0.15, -0.1) is 0 Å². The Labute approximate surface area is 160 Å². The number of ether oxygens (including phenoxy) is 3. The summed E-state index contributed by atoms with van der Waals surface area (Å²) < 4.78 is 16.7. The summed E-state index contributed by atoms with van der Waals surface area (Å²) in [5, 5.41) is 6.68. The number of hydrogen-bond acceptors (Lipinski definition) is 4. The Kier molecular flexibility index (Phi) is 6.41. The highest BCUT2D eigenvalue weighted by Gasteiger charge is 2.22. The van der Waals surface area contributed by atoms with E-state index in [1.807, 2.05) is 36.4 Å². The van der Waals surface area contributed by atoms with E-state index < -0.39 is 0 Å². The van der Waals surface area contributed by atoms with E-state index in [4.69, 9.17) is 14.2 Å². The number of methoxy groups -OCH3 is 2. The fourth-order valence-electron chi connectivity index (χ4n) is 3.19. The van der Waals surface area contributed by atoms with Gasteiger partial charge in [0.15, 0.2) is 5.96 Å². The van der Waals surface area contributed by atoms with Crippen LogP contribution in [0.15, 0.2) is 47.5 Å². The van der Waals surface area contributed by atoms with Gasteiger partial charge in [-0.25, -0.2) is 0 Å². The molecule has 6 nitrogen and oxygen atoms in total. The molecule has 2 N–H and O–H groups in total. The van der Waals surface area contributed by atoms with Crippen molar-refractivity contribution in [3.63, 3.8) is 0 Å². The van der Waals surface area contributed by atoms with Crippen molar-refractivity contribution >= 4 is 5.96 Å². The molecule has 0 aliphatic carbocycles. The lowest BCUT2D eigenvalue weighted by molar-refractivity contribution is 0.235. The number of nitrogens with one attached hydrogen (secondary N) is 2. The Morgan fingerprint density at radius 2 is 2.00 bits per heavy atom. The highest BCUT2D eigenvalue weighted by molar-refractivity contribution is 5.79. The number of para-hydroxylation sites is 1. The van der Waals surface area contributed by atoms with Crippen LogP contribution in [0.25, 0.3) is 0 Å². The van der Waals surface area contributed by atoms with E-state index >= 15 is 0 Å². The van der Waals surface area contributed by atoms with Gasteiger partial charge in [0, 0.05) is 20.0 Å². The topological polar surface area (TPSA) is 64.1 Å².